The van der Waals surface area contributed by atoms with Gasteiger partial charge in [0.1, 0.15) is 9.21 Å². The first-order valence-corrected chi connectivity index (χ1v) is 14.8. The number of nitrogens with one attached hydrogen (secondary N) is 2. The van der Waals surface area contributed by atoms with Crippen molar-refractivity contribution in [3.8, 4) is 17.0 Å². The number of aromatic nitrogens is 1. The second-order valence-electron chi connectivity index (χ2n) is 7.94. The molecule has 2 amide bonds. The summed E-state index contributed by atoms with van der Waals surface area (Å²) in [7, 11) is -5.10. The average Bonchev–Trinajstić information content (AvgIpc) is 3.21. The average molecular weight is 523 g/mol. The maximum Gasteiger partial charge on any atom is 0.333 e. The fourth-order valence-corrected chi connectivity index (χ4v) is 6.27. The highest BCUT2D eigenvalue weighted by Gasteiger charge is 2.22. The maximum absolute atomic E-state index is 12.8. The van der Waals surface area contributed by atoms with E-state index in [4.69, 9.17) is 4.74 Å². The molecular formula is C22H26N4O5S3. The zero-order chi connectivity index (χ0) is 25.1. The number of carbonyl (C=O) groups excluding carboxylic acids is 1. The van der Waals surface area contributed by atoms with E-state index in [0.29, 0.717) is 22.1 Å². The van der Waals surface area contributed by atoms with Crippen LogP contribution in [0.25, 0.3) is 11.1 Å². The van der Waals surface area contributed by atoms with Crippen LogP contribution in [-0.4, -0.2) is 43.3 Å². The molecule has 3 aromatic rings. The van der Waals surface area contributed by atoms with Gasteiger partial charge >= 0.3 is 6.03 Å². The summed E-state index contributed by atoms with van der Waals surface area (Å²) in [6.07, 6.45) is 4.50. The topological polar surface area (TPSA) is 127 Å². The van der Waals surface area contributed by atoms with E-state index >= 15 is 0 Å². The number of sulfonamides is 1. The minimum atomic E-state index is -4.16. The molecule has 2 N–H and O–H groups in total. The van der Waals surface area contributed by atoms with Crippen LogP contribution >= 0.6 is 11.3 Å². The first-order valence-electron chi connectivity index (χ1n) is 10.1. The number of rotatable bonds is 7. The molecule has 9 nitrogen and oxygen atoms in total. The van der Waals surface area contributed by atoms with E-state index in [1.165, 1.54) is 31.8 Å². The molecule has 12 heteroatoms. The Kier molecular flexibility index (Phi) is 7.64. The summed E-state index contributed by atoms with van der Waals surface area (Å²) in [4.78, 5) is 16.9. The Labute approximate surface area is 203 Å². The molecule has 0 saturated heterocycles. The van der Waals surface area contributed by atoms with Gasteiger partial charge in [-0.25, -0.2) is 27.1 Å². The van der Waals surface area contributed by atoms with Gasteiger partial charge in [-0.1, -0.05) is 32.0 Å². The van der Waals surface area contributed by atoms with Crippen LogP contribution in [0.3, 0.4) is 0 Å². The summed E-state index contributed by atoms with van der Waals surface area (Å²) in [5.74, 6) is 0.461. The number of ether oxygens (including phenoxy) is 1. The zero-order valence-electron chi connectivity index (χ0n) is 19.4. The van der Waals surface area contributed by atoms with Gasteiger partial charge in [-0.15, -0.1) is 11.3 Å². The predicted molar refractivity (Wildman–Crippen MR) is 136 cm³/mol. The highest BCUT2D eigenvalue weighted by molar-refractivity contribution is 7.93. The van der Waals surface area contributed by atoms with Gasteiger partial charge in [-0.05, 0) is 35.2 Å². The fraction of sp³-hybridized carbons (Fsp3) is 0.273. The highest BCUT2D eigenvalue weighted by atomic mass is 32.2. The molecule has 0 unspecified atom stereocenters. The van der Waals surface area contributed by atoms with Gasteiger partial charge in [0.15, 0.2) is 0 Å². The van der Waals surface area contributed by atoms with Crippen molar-refractivity contribution in [2.45, 2.75) is 24.0 Å². The lowest BCUT2D eigenvalue weighted by molar-refractivity contribution is 0.256. The number of para-hydroxylation sites is 1. The van der Waals surface area contributed by atoms with Crippen LogP contribution < -0.4 is 14.8 Å². The van der Waals surface area contributed by atoms with Gasteiger partial charge < -0.3 is 10.1 Å². The number of benzene rings is 1. The molecule has 0 atom stereocenters. The Bertz CT molecular complexity index is 1430. The molecule has 1 aromatic carbocycles. The third-order valence-corrected chi connectivity index (χ3v) is 8.14. The van der Waals surface area contributed by atoms with Crippen LogP contribution in [0.1, 0.15) is 25.3 Å². The third-order valence-electron chi connectivity index (χ3n) is 4.58. The van der Waals surface area contributed by atoms with Crippen molar-refractivity contribution < 1.29 is 22.2 Å². The van der Waals surface area contributed by atoms with Crippen LogP contribution in [0.4, 0.5) is 15.5 Å². The first-order chi connectivity index (χ1) is 15.9. The summed E-state index contributed by atoms with van der Waals surface area (Å²) in [5, 5.41) is 3.01. The molecule has 0 aliphatic heterocycles. The Hall–Kier alpha value is -2.96. The van der Waals surface area contributed by atoms with E-state index in [2.05, 4.69) is 14.7 Å². The number of carbonyl (C=O) groups is 1. The highest BCUT2D eigenvalue weighted by Crippen LogP contribution is 2.36. The molecule has 0 spiro atoms. The molecule has 0 aliphatic carbocycles. The van der Waals surface area contributed by atoms with E-state index in [9.17, 15) is 17.4 Å². The molecule has 0 saturated carbocycles. The summed E-state index contributed by atoms with van der Waals surface area (Å²) in [6, 6.07) is 10.9. The molecule has 0 bridgehead atoms. The molecule has 0 aliphatic rings. The van der Waals surface area contributed by atoms with Gasteiger partial charge in [0.05, 0.1) is 12.8 Å². The lowest BCUT2D eigenvalue weighted by Gasteiger charge is -2.19. The van der Waals surface area contributed by atoms with Crippen LogP contribution in [0, 0.1) is 0 Å². The molecule has 3 rings (SSSR count). The fourth-order valence-electron chi connectivity index (χ4n) is 3.15. The number of methoxy groups -OCH3 is 1. The lowest BCUT2D eigenvalue weighted by atomic mass is 9.94. The predicted octanol–water partition coefficient (Wildman–Crippen LogP) is 4.81. The SMILES string of the molecule is COc1cc(-c2cccc(C(C)C)c2NC(=O)NS(=O)(=O)c2ccc(N=S(C)(C)=O)s2)ccn1. The molecule has 0 radical (unpaired) electrons. The first kappa shape index (κ1) is 25.7. The van der Waals surface area contributed by atoms with Crippen molar-refractivity contribution in [3.63, 3.8) is 0 Å². The molecule has 0 fully saturated rings. The molecule has 182 valence electrons. The van der Waals surface area contributed by atoms with Gasteiger partial charge in [0.25, 0.3) is 10.0 Å². The molecule has 2 aromatic heterocycles. The summed E-state index contributed by atoms with van der Waals surface area (Å²) >= 11 is 0.830. The third kappa shape index (κ3) is 6.33. The Morgan fingerprint density at radius 3 is 2.50 bits per heavy atom. The van der Waals surface area contributed by atoms with Crippen LogP contribution in [-0.2, 0) is 19.8 Å². The van der Waals surface area contributed by atoms with E-state index in [1.807, 2.05) is 36.8 Å². The number of anilines is 1. The standard InChI is InChI=1S/C22H26N4O5S3/c1-14(2)16-7-6-8-17(15-11-12-23-18(13-15)31-3)21(16)24-22(27)26-34(29,30)20-10-9-19(32-20)25-33(4,5)28/h6-14H,1-5H3,(H2,24,26,27). The lowest BCUT2D eigenvalue weighted by Crippen LogP contribution is -2.34. The molecule has 34 heavy (non-hydrogen) atoms. The van der Waals surface area contributed by atoms with Crippen molar-refractivity contribution in [3.05, 3.63) is 54.2 Å². The van der Waals surface area contributed by atoms with Crippen molar-refractivity contribution >= 4 is 47.8 Å². The quantitative estimate of drug-likeness (QED) is 0.458. The van der Waals surface area contributed by atoms with Crippen molar-refractivity contribution in [1.82, 2.24) is 9.71 Å². The maximum atomic E-state index is 12.8. The smallest absolute Gasteiger partial charge is 0.333 e. The number of pyridine rings is 1. The van der Waals surface area contributed by atoms with Gasteiger partial charge in [0.2, 0.25) is 5.88 Å². The second kappa shape index (κ2) is 10.1. The van der Waals surface area contributed by atoms with Gasteiger partial charge in [-0.2, -0.15) is 4.36 Å². The van der Waals surface area contributed by atoms with Gasteiger partial charge in [0, 0.05) is 40.1 Å². The van der Waals surface area contributed by atoms with Gasteiger partial charge in [-0.3, -0.25) is 0 Å². The van der Waals surface area contributed by atoms with E-state index in [1.54, 1.807) is 18.3 Å². The zero-order valence-corrected chi connectivity index (χ0v) is 21.8. The van der Waals surface area contributed by atoms with Crippen LogP contribution in [0.5, 0.6) is 5.88 Å². The summed E-state index contributed by atoms with van der Waals surface area (Å²) in [6.45, 7) is 3.95. The Morgan fingerprint density at radius 1 is 1.12 bits per heavy atom. The van der Waals surface area contributed by atoms with Crippen molar-refractivity contribution in [2.24, 2.45) is 4.36 Å². The minimum Gasteiger partial charge on any atom is -0.481 e. The van der Waals surface area contributed by atoms with Crippen molar-refractivity contribution in [2.75, 3.05) is 24.9 Å². The Morgan fingerprint density at radius 2 is 1.85 bits per heavy atom. The Balaban J connectivity index is 1.93. The number of amides is 2. The molecule has 2 heterocycles. The monoisotopic (exact) mass is 522 g/mol. The normalized spacial score (nSPS) is 11.8. The number of urea groups is 1. The largest absolute Gasteiger partial charge is 0.481 e. The van der Waals surface area contributed by atoms with E-state index in [-0.39, 0.29) is 10.1 Å². The van der Waals surface area contributed by atoms with E-state index < -0.39 is 25.8 Å². The molecular weight excluding hydrogens is 496 g/mol. The van der Waals surface area contributed by atoms with E-state index in [0.717, 1.165) is 22.5 Å². The second-order valence-corrected chi connectivity index (χ2v) is 13.5. The number of hydrogen-bond acceptors (Lipinski definition) is 8. The van der Waals surface area contributed by atoms with Crippen molar-refractivity contribution in [1.29, 1.82) is 0 Å². The number of nitrogens with zero attached hydrogens (tertiary/aromatic N) is 2. The summed E-state index contributed by atoms with van der Waals surface area (Å²) in [5.41, 5.74) is 2.76. The van der Waals surface area contributed by atoms with Crippen LogP contribution in [0.2, 0.25) is 0 Å². The number of hydrogen-bond donors (Lipinski definition) is 2. The minimum absolute atomic E-state index is 0.0509. The number of thiophene rings is 1. The van der Waals surface area contributed by atoms with Crippen LogP contribution in [0.15, 0.2) is 57.2 Å². The summed E-state index contributed by atoms with van der Waals surface area (Å²) < 4.78 is 48.6.